The minimum absolute atomic E-state index is 0.0981. The molecule has 0 saturated heterocycles. The molecule has 3 aromatic rings. The number of nitrogens with zero attached hydrogens (tertiary/aromatic N) is 1. The summed E-state index contributed by atoms with van der Waals surface area (Å²) in [7, 11) is 0. The molecule has 4 rings (SSSR count). The number of halogens is 1. The molecule has 9 nitrogen and oxygen atoms in total. The van der Waals surface area contributed by atoms with Crippen molar-refractivity contribution in [2.45, 2.75) is 20.3 Å². The zero-order chi connectivity index (χ0) is 28.1. The Bertz CT molecular complexity index is 1480. The fraction of sp³-hybridized carbons (Fsp3) is 0.138. The molecule has 0 aliphatic carbocycles. The number of amides is 2. The summed E-state index contributed by atoms with van der Waals surface area (Å²) in [5.41, 5.74) is 1.54. The second-order valence-corrected chi connectivity index (χ2v) is 8.87. The maximum Gasteiger partial charge on any atom is 0.343 e. The summed E-state index contributed by atoms with van der Waals surface area (Å²) in [4.78, 5) is 62.6. The molecule has 0 radical (unpaired) electrons. The number of Topliss-reactive ketones (excluding diaryl/α,β-unsaturated/α-hetero) is 1. The number of rotatable bonds is 9. The van der Waals surface area contributed by atoms with Crippen molar-refractivity contribution < 1.29 is 33.4 Å². The van der Waals surface area contributed by atoms with Crippen LogP contribution in [0.1, 0.15) is 51.3 Å². The van der Waals surface area contributed by atoms with Crippen LogP contribution in [0.15, 0.2) is 83.5 Å². The average Bonchev–Trinajstić information content (AvgIpc) is 3.15. The van der Waals surface area contributed by atoms with Crippen molar-refractivity contribution in [1.82, 2.24) is 0 Å². The van der Waals surface area contributed by atoms with Crippen molar-refractivity contribution in [3.05, 3.63) is 100 Å². The van der Waals surface area contributed by atoms with Gasteiger partial charge in [0.25, 0.3) is 11.8 Å². The highest BCUT2D eigenvalue weighted by atomic mass is 35.5. The normalized spacial score (nSPS) is 12.9. The number of hydrogen-bond acceptors (Lipinski definition) is 8. The summed E-state index contributed by atoms with van der Waals surface area (Å²) in [5, 5.41) is 2.53. The Hall–Kier alpha value is -4.76. The van der Waals surface area contributed by atoms with Gasteiger partial charge in [0.2, 0.25) is 0 Å². The predicted molar refractivity (Wildman–Crippen MR) is 144 cm³/mol. The summed E-state index contributed by atoms with van der Waals surface area (Å²) >= 11 is 6.20. The quantitative estimate of drug-likeness (QED) is 0.170. The summed E-state index contributed by atoms with van der Waals surface area (Å²) in [5.74, 6) is -2.33. The van der Waals surface area contributed by atoms with Crippen molar-refractivity contribution in [1.29, 1.82) is 0 Å². The van der Waals surface area contributed by atoms with Crippen molar-refractivity contribution in [3.63, 3.8) is 0 Å². The largest absolute Gasteiger partial charge is 0.462 e. The Labute approximate surface area is 229 Å². The van der Waals surface area contributed by atoms with Gasteiger partial charge in [-0.2, -0.15) is 0 Å². The summed E-state index contributed by atoms with van der Waals surface area (Å²) in [6.45, 7) is 3.61. The highest BCUT2D eigenvalue weighted by Crippen LogP contribution is 2.30. The van der Waals surface area contributed by atoms with Crippen LogP contribution in [0.5, 0.6) is 5.75 Å². The summed E-state index contributed by atoms with van der Waals surface area (Å²) in [6, 6.07) is 18.1. The van der Waals surface area contributed by atoms with E-state index in [0.29, 0.717) is 17.7 Å². The zero-order valence-corrected chi connectivity index (χ0v) is 21.8. The minimum Gasteiger partial charge on any atom is -0.462 e. The van der Waals surface area contributed by atoms with Crippen molar-refractivity contribution in [2.24, 2.45) is 0 Å². The van der Waals surface area contributed by atoms with Gasteiger partial charge in [0, 0.05) is 11.3 Å². The molecular weight excluding hydrogens is 524 g/mol. The van der Waals surface area contributed by atoms with E-state index in [4.69, 9.17) is 21.1 Å². The molecule has 0 bridgehead atoms. The van der Waals surface area contributed by atoms with Gasteiger partial charge in [-0.3, -0.25) is 14.4 Å². The molecule has 10 heteroatoms. The first kappa shape index (κ1) is 27.3. The van der Waals surface area contributed by atoms with Gasteiger partial charge in [0.1, 0.15) is 16.5 Å². The third-order valence-electron chi connectivity index (χ3n) is 5.69. The first-order valence-electron chi connectivity index (χ1n) is 12.0. The van der Waals surface area contributed by atoms with E-state index in [1.807, 2.05) is 6.92 Å². The fourth-order valence-corrected chi connectivity index (χ4v) is 3.84. The molecule has 0 saturated carbocycles. The third-order valence-corrected chi connectivity index (χ3v) is 6.04. The van der Waals surface area contributed by atoms with E-state index in [1.54, 1.807) is 12.1 Å². The highest BCUT2D eigenvalue weighted by Gasteiger charge is 2.39. The number of imide groups is 1. The minimum atomic E-state index is -0.721. The van der Waals surface area contributed by atoms with Crippen LogP contribution in [-0.2, 0) is 14.3 Å². The van der Waals surface area contributed by atoms with Crippen molar-refractivity contribution in [3.8, 4) is 5.75 Å². The van der Waals surface area contributed by atoms with Crippen LogP contribution < -0.4 is 15.0 Å². The number of hydrogen-bond donors (Lipinski definition) is 1. The molecule has 0 atom stereocenters. The molecule has 0 spiro atoms. The van der Waals surface area contributed by atoms with Crippen LogP contribution in [0.25, 0.3) is 0 Å². The molecule has 3 aromatic carbocycles. The topological polar surface area (TPSA) is 119 Å². The summed E-state index contributed by atoms with van der Waals surface area (Å²) < 4.78 is 10.4. The number of benzene rings is 3. The molecular formula is C29H23ClN2O7. The van der Waals surface area contributed by atoms with Crippen LogP contribution in [0.3, 0.4) is 0 Å². The Balaban J connectivity index is 1.42. The van der Waals surface area contributed by atoms with E-state index in [1.165, 1.54) is 67.6 Å². The molecule has 1 aliphatic rings. The van der Waals surface area contributed by atoms with Gasteiger partial charge < -0.3 is 14.8 Å². The van der Waals surface area contributed by atoms with Crippen LogP contribution >= 0.6 is 11.6 Å². The van der Waals surface area contributed by atoms with Crippen molar-refractivity contribution >= 4 is 52.5 Å². The van der Waals surface area contributed by atoms with Crippen LogP contribution in [-0.4, -0.2) is 36.1 Å². The fourth-order valence-electron chi connectivity index (χ4n) is 3.63. The lowest BCUT2D eigenvalue weighted by Gasteiger charge is -2.15. The van der Waals surface area contributed by atoms with E-state index in [0.717, 1.165) is 4.90 Å². The van der Waals surface area contributed by atoms with Crippen LogP contribution in [0.4, 0.5) is 11.4 Å². The van der Waals surface area contributed by atoms with Gasteiger partial charge in [0.15, 0.2) is 5.78 Å². The molecule has 1 heterocycles. The first-order valence-corrected chi connectivity index (χ1v) is 12.3. The van der Waals surface area contributed by atoms with Gasteiger partial charge in [-0.15, -0.1) is 0 Å². The number of ether oxygens (including phenoxy) is 2. The van der Waals surface area contributed by atoms with Crippen LogP contribution in [0.2, 0.25) is 0 Å². The lowest BCUT2D eigenvalue weighted by molar-refractivity contribution is -0.120. The molecule has 0 unspecified atom stereocenters. The number of anilines is 2. The van der Waals surface area contributed by atoms with E-state index in [2.05, 4.69) is 5.32 Å². The number of esters is 2. The van der Waals surface area contributed by atoms with Crippen molar-refractivity contribution in [2.75, 3.05) is 16.8 Å². The number of ketones is 1. The van der Waals surface area contributed by atoms with E-state index < -0.39 is 23.8 Å². The van der Waals surface area contributed by atoms with E-state index >= 15 is 0 Å². The highest BCUT2D eigenvalue weighted by molar-refractivity contribution is 6.53. The number of carbonyl (C=O) groups excluding carboxylic acids is 5. The van der Waals surface area contributed by atoms with Gasteiger partial charge in [0.05, 0.1) is 23.4 Å². The van der Waals surface area contributed by atoms with Gasteiger partial charge in [-0.05, 0) is 86.1 Å². The SMILES string of the molecule is CCCOC(=O)c1ccc(N2C(=O)C(Cl)=C(Nc3ccc(C(=O)Oc4ccc(C(C)=O)cc4)cc3)C2=O)cc1. The number of carbonyl (C=O) groups is 5. The van der Waals surface area contributed by atoms with Crippen LogP contribution in [0, 0.1) is 0 Å². The smallest absolute Gasteiger partial charge is 0.343 e. The maximum absolute atomic E-state index is 13.0. The van der Waals surface area contributed by atoms with Gasteiger partial charge in [-0.1, -0.05) is 18.5 Å². The third kappa shape index (κ3) is 6.05. The standard InChI is InChI=1S/C29H23ClN2O7/c1-3-16-38-28(36)19-6-12-22(13-7-19)32-26(34)24(30)25(27(32)35)31-21-10-4-20(5-11-21)29(37)39-23-14-8-18(9-15-23)17(2)33/h4-15,31H,3,16H2,1-2H3. The summed E-state index contributed by atoms with van der Waals surface area (Å²) in [6.07, 6.45) is 0.685. The number of nitrogens with one attached hydrogen (secondary N) is 1. The molecule has 0 aromatic heterocycles. The molecule has 198 valence electrons. The average molecular weight is 547 g/mol. The second kappa shape index (κ2) is 11.7. The molecule has 39 heavy (non-hydrogen) atoms. The zero-order valence-electron chi connectivity index (χ0n) is 21.0. The Morgan fingerprint density at radius 1 is 0.795 bits per heavy atom. The van der Waals surface area contributed by atoms with E-state index in [9.17, 15) is 24.0 Å². The molecule has 1 N–H and O–H groups in total. The monoisotopic (exact) mass is 546 g/mol. The Morgan fingerprint density at radius 2 is 1.36 bits per heavy atom. The molecule has 1 aliphatic heterocycles. The Morgan fingerprint density at radius 3 is 1.95 bits per heavy atom. The maximum atomic E-state index is 13.0. The lowest BCUT2D eigenvalue weighted by Crippen LogP contribution is -2.32. The molecule has 0 fully saturated rings. The molecule has 2 amide bonds. The van der Waals surface area contributed by atoms with Gasteiger partial charge >= 0.3 is 11.9 Å². The second-order valence-electron chi connectivity index (χ2n) is 8.49. The first-order chi connectivity index (χ1) is 18.7. The Kier molecular flexibility index (Phi) is 8.21. The lowest BCUT2D eigenvalue weighted by atomic mass is 10.1. The predicted octanol–water partition coefficient (Wildman–Crippen LogP) is 5.11. The van der Waals surface area contributed by atoms with E-state index in [-0.39, 0.29) is 45.7 Å². The van der Waals surface area contributed by atoms with Gasteiger partial charge in [-0.25, -0.2) is 14.5 Å².